The van der Waals surface area contributed by atoms with Gasteiger partial charge in [0.25, 0.3) is 5.91 Å². The van der Waals surface area contributed by atoms with Gasteiger partial charge in [0.1, 0.15) is 5.75 Å². The summed E-state index contributed by atoms with van der Waals surface area (Å²) in [6, 6.07) is 13.1. The number of anilines is 1. The zero-order chi connectivity index (χ0) is 20.9. The van der Waals surface area contributed by atoms with E-state index in [0.717, 1.165) is 30.6 Å². The quantitative estimate of drug-likeness (QED) is 0.703. The fourth-order valence-electron chi connectivity index (χ4n) is 3.47. The summed E-state index contributed by atoms with van der Waals surface area (Å²) < 4.78 is 31.4. The largest absolute Gasteiger partial charge is 0.497 e. The standard InChI is InChI=1S/C22H28N2O4S/c1-17-7-10-19(16-21(17)24-14-3-4-15-29(24,26)27)22(25)23-13-5-6-18-8-11-20(28-2)12-9-18/h7-12,16H,3-6,13-15H2,1-2H3,(H,23,25). The van der Waals surface area contributed by atoms with Crippen LogP contribution >= 0.6 is 0 Å². The molecule has 156 valence electrons. The van der Waals surface area contributed by atoms with Gasteiger partial charge in [0, 0.05) is 18.7 Å². The summed E-state index contributed by atoms with van der Waals surface area (Å²) in [4.78, 5) is 12.6. The first-order chi connectivity index (χ1) is 13.9. The first kappa shape index (κ1) is 21.2. The number of nitrogens with one attached hydrogen (secondary N) is 1. The van der Waals surface area contributed by atoms with E-state index in [4.69, 9.17) is 4.74 Å². The number of sulfonamides is 1. The lowest BCUT2D eigenvalue weighted by Gasteiger charge is -2.29. The molecule has 1 aliphatic heterocycles. The topological polar surface area (TPSA) is 75.7 Å². The molecule has 6 nitrogen and oxygen atoms in total. The fraction of sp³-hybridized carbons (Fsp3) is 0.409. The number of benzene rings is 2. The van der Waals surface area contributed by atoms with Crippen molar-refractivity contribution in [1.82, 2.24) is 5.32 Å². The minimum absolute atomic E-state index is 0.161. The van der Waals surface area contributed by atoms with Gasteiger partial charge in [-0.1, -0.05) is 18.2 Å². The Hall–Kier alpha value is -2.54. The molecular formula is C22H28N2O4S. The highest BCUT2D eigenvalue weighted by Crippen LogP contribution is 2.28. The van der Waals surface area contributed by atoms with E-state index in [1.165, 1.54) is 9.87 Å². The predicted octanol–water partition coefficient (Wildman–Crippen LogP) is 3.30. The molecule has 1 N–H and O–H groups in total. The second-order valence-electron chi connectivity index (χ2n) is 7.30. The van der Waals surface area contributed by atoms with E-state index < -0.39 is 10.0 Å². The molecule has 1 saturated heterocycles. The van der Waals surface area contributed by atoms with E-state index in [1.807, 2.05) is 37.3 Å². The lowest BCUT2D eigenvalue weighted by molar-refractivity contribution is 0.0953. The van der Waals surface area contributed by atoms with Crippen LogP contribution in [-0.2, 0) is 16.4 Å². The molecule has 0 aromatic heterocycles. The Balaban J connectivity index is 1.59. The number of rotatable bonds is 7. The number of aryl methyl sites for hydroxylation is 2. The van der Waals surface area contributed by atoms with Crippen molar-refractivity contribution < 1.29 is 17.9 Å². The van der Waals surface area contributed by atoms with Crippen molar-refractivity contribution in [3.63, 3.8) is 0 Å². The number of carbonyl (C=O) groups is 1. The van der Waals surface area contributed by atoms with Crippen molar-refractivity contribution in [2.45, 2.75) is 32.6 Å². The highest BCUT2D eigenvalue weighted by atomic mass is 32.2. The molecule has 1 amide bonds. The number of amides is 1. The van der Waals surface area contributed by atoms with Gasteiger partial charge in [0.05, 0.1) is 18.6 Å². The van der Waals surface area contributed by atoms with Gasteiger partial charge in [-0.15, -0.1) is 0 Å². The van der Waals surface area contributed by atoms with Crippen LogP contribution < -0.4 is 14.4 Å². The summed E-state index contributed by atoms with van der Waals surface area (Å²) in [5.74, 6) is 0.803. The van der Waals surface area contributed by atoms with Crippen molar-refractivity contribution >= 4 is 21.6 Å². The van der Waals surface area contributed by atoms with Gasteiger partial charge >= 0.3 is 0 Å². The average Bonchev–Trinajstić information content (AvgIpc) is 2.72. The molecular weight excluding hydrogens is 388 g/mol. The molecule has 3 rings (SSSR count). The number of hydrogen-bond acceptors (Lipinski definition) is 4. The van der Waals surface area contributed by atoms with Gasteiger partial charge in [0.2, 0.25) is 10.0 Å². The smallest absolute Gasteiger partial charge is 0.251 e. The molecule has 1 fully saturated rings. The maximum Gasteiger partial charge on any atom is 0.251 e. The minimum Gasteiger partial charge on any atom is -0.497 e. The number of nitrogens with zero attached hydrogens (tertiary/aromatic N) is 1. The molecule has 0 unspecified atom stereocenters. The molecule has 0 bridgehead atoms. The van der Waals surface area contributed by atoms with E-state index in [-0.39, 0.29) is 11.7 Å². The Labute approximate surface area is 172 Å². The molecule has 1 aliphatic rings. The van der Waals surface area contributed by atoms with Crippen LogP contribution in [0.25, 0.3) is 0 Å². The second-order valence-corrected chi connectivity index (χ2v) is 9.32. The van der Waals surface area contributed by atoms with Crippen molar-refractivity contribution in [2.75, 3.05) is 30.3 Å². The lowest BCUT2D eigenvalue weighted by atomic mass is 10.1. The number of carbonyl (C=O) groups excluding carboxylic acids is 1. The average molecular weight is 417 g/mol. The van der Waals surface area contributed by atoms with Gasteiger partial charge in [-0.3, -0.25) is 9.10 Å². The lowest BCUT2D eigenvalue weighted by Crippen LogP contribution is -2.38. The fourth-order valence-corrected chi connectivity index (χ4v) is 5.16. The Bertz CT molecular complexity index is 955. The zero-order valence-electron chi connectivity index (χ0n) is 17.0. The Morgan fingerprint density at radius 1 is 1.14 bits per heavy atom. The monoisotopic (exact) mass is 416 g/mol. The normalized spacial score (nSPS) is 15.7. The van der Waals surface area contributed by atoms with Gasteiger partial charge in [-0.2, -0.15) is 0 Å². The van der Waals surface area contributed by atoms with Crippen molar-refractivity contribution in [2.24, 2.45) is 0 Å². The van der Waals surface area contributed by atoms with Crippen molar-refractivity contribution in [1.29, 1.82) is 0 Å². The van der Waals surface area contributed by atoms with Crippen LogP contribution in [0.15, 0.2) is 42.5 Å². The predicted molar refractivity (Wildman–Crippen MR) is 115 cm³/mol. The highest BCUT2D eigenvalue weighted by Gasteiger charge is 2.27. The van der Waals surface area contributed by atoms with Crippen LogP contribution in [0.2, 0.25) is 0 Å². The maximum absolute atomic E-state index is 12.6. The summed E-state index contributed by atoms with van der Waals surface area (Å²) >= 11 is 0. The molecule has 0 aliphatic carbocycles. The zero-order valence-corrected chi connectivity index (χ0v) is 17.8. The third-order valence-electron chi connectivity index (χ3n) is 5.18. The molecule has 1 heterocycles. The van der Waals surface area contributed by atoms with Crippen LogP contribution in [0.3, 0.4) is 0 Å². The van der Waals surface area contributed by atoms with Crippen LogP contribution in [0, 0.1) is 6.92 Å². The Kier molecular flexibility index (Phi) is 6.79. The van der Waals surface area contributed by atoms with Gasteiger partial charge in [-0.05, 0) is 68.0 Å². The number of methoxy groups -OCH3 is 1. The van der Waals surface area contributed by atoms with Gasteiger partial charge in [-0.25, -0.2) is 8.42 Å². The maximum atomic E-state index is 12.6. The van der Waals surface area contributed by atoms with Crippen LogP contribution in [0.5, 0.6) is 5.75 Å². The summed E-state index contributed by atoms with van der Waals surface area (Å²) in [5.41, 5.74) is 3.13. The first-order valence-corrected chi connectivity index (χ1v) is 11.5. The SMILES string of the molecule is COc1ccc(CCCNC(=O)c2ccc(C)c(N3CCCCS3(=O)=O)c2)cc1. The third-order valence-corrected chi connectivity index (χ3v) is 7.03. The van der Waals surface area contributed by atoms with Crippen molar-refractivity contribution in [3.05, 3.63) is 59.2 Å². The second kappa shape index (κ2) is 9.31. The molecule has 0 radical (unpaired) electrons. The highest BCUT2D eigenvalue weighted by molar-refractivity contribution is 7.92. The number of ether oxygens (including phenoxy) is 1. The van der Waals surface area contributed by atoms with Crippen molar-refractivity contribution in [3.8, 4) is 5.75 Å². The molecule has 0 spiro atoms. The Morgan fingerprint density at radius 2 is 1.90 bits per heavy atom. The van der Waals surface area contributed by atoms with Crippen LogP contribution in [0.4, 0.5) is 5.69 Å². The van der Waals surface area contributed by atoms with E-state index in [0.29, 0.717) is 30.8 Å². The first-order valence-electron chi connectivity index (χ1n) is 9.93. The summed E-state index contributed by atoms with van der Waals surface area (Å²) in [7, 11) is -1.66. The van der Waals surface area contributed by atoms with Crippen LogP contribution in [-0.4, -0.2) is 40.3 Å². The van der Waals surface area contributed by atoms with E-state index in [9.17, 15) is 13.2 Å². The summed E-state index contributed by atoms with van der Waals surface area (Å²) in [5, 5.41) is 2.93. The Morgan fingerprint density at radius 3 is 2.59 bits per heavy atom. The summed E-state index contributed by atoms with van der Waals surface area (Å²) in [6.45, 7) is 2.89. The molecule has 0 atom stereocenters. The van der Waals surface area contributed by atoms with E-state index in [2.05, 4.69) is 5.32 Å². The molecule has 2 aromatic carbocycles. The molecule has 29 heavy (non-hydrogen) atoms. The van der Waals surface area contributed by atoms with E-state index in [1.54, 1.807) is 19.2 Å². The van der Waals surface area contributed by atoms with Gasteiger partial charge < -0.3 is 10.1 Å². The molecule has 7 heteroatoms. The van der Waals surface area contributed by atoms with Crippen LogP contribution in [0.1, 0.15) is 40.7 Å². The summed E-state index contributed by atoms with van der Waals surface area (Å²) in [6.07, 6.45) is 3.19. The minimum atomic E-state index is -3.31. The number of hydrogen-bond donors (Lipinski definition) is 1. The van der Waals surface area contributed by atoms with Gasteiger partial charge in [0.15, 0.2) is 0 Å². The molecule has 0 saturated carbocycles. The van der Waals surface area contributed by atoms with E-state index >= 15 is 0 Å². The molecule has 2 aromatic rings. The third kappa shape index (κ3) is 5.29.